The Hall–Kier alpha value is -2.79. The quantitative estimate of drug-likeness (QED) is 0.616. The van der Waals surface area contributed by atoms with Gasteiger partial charge in [-0.3, -0.25) is 4.98 Å². The minimum Gasteiger partial charge on any atom is -0.257 e. The van der Waals surface area contributed by atoms with Crippen molar-refractivity contribution in [3.05, 3.63) is 47.6 Å². The number of aromatic nitrogens is 4. The van der Waals surface area contributed by atoms with Crippen LogP contribution < -0.4 is 0 Å². The lowest BCUT2D eigenvalue weighted by Crippen LogP contribution is -1.90. The molecule has 0 aliphatic carbocycles. The summed E-state index contributed by atoms with van der Waals surface area (Å²) < 4.78 is 0. The first-order valence-corrected chi connectivity index (χ1v) is 4.81. The molecule has 0 aromatic carbocycles. The molecule has 2 rings (SSSR count). The van der Waals surface area contributed by atoms with Crippen molar-refractivity contribution in [2.24, 2.45) is 0 Å². The molecule has 0 amide bonds. The van der Waals surface area contributed by atoms with Gasteiger partial charge in [0.25, 0.3) is 0 Å². The minimum atomic E-state index is 0.269. The molecule has 0 aliphatic rings. The van der Waals surface area contributed by atoms with Crippen molar-refractivity contribution in [2.45, 2.75) is 6.92 Å². The van der Waals surface area contributed by atoms with Gasteiger partial charge >= 0.3 is 0 Å². The van der Waals surface area contributed by atoms with Gasteiger partial charge in [-0.1, -0.05) is 0 Å². The van der Waals surface area contributed by atoms with Crippen LogP contribution >= 0.6 is 0 Å². The highest BCUT2D eigenvalue weighted by atomic mass is 14.8. The van der Waals surface area contributed by atoms with Crippen molar-refractivity contribution < 1.29 is 0 Å². The smallest absolute Gasteiger partial charge is 0.158 e. The molecule has 0 saturated carbocycles. The van der Waals surface area contributed by atoms with Crippen LogP contribution in [0.15, 0.2) is 24.8 Å². The first-order valence-electron chi connectivity index (χ1n) is 4.81. The molecule has 0 bridgehead atoms. The molecule has 2 aromatic heterocycles. The van der Waals surface area contributed by atoms with Gasteiger partial charge in [0.05, 0.1) is 24.3 Å². The number of nitrogens with zero attached hydrogens (tertiary/aromatic N) is 5. The van der Waals surface area contributed by atoms with Gasteiger partial charge in [-0.15, -0.1) is 0 Å². The second-order valence-electron chi connectivity index (χ2n) is 3.19. The van der Waals surface area contributed by atoms with Crippen molar-refractivity contribution in [1.82, 2.24) is 19.9 Å². The largest absolute Gasteiger partial charge is 0.257 e. The Balaban J connectivity index is 2.21. The molecule has 0 unspecified atom stereocenters. The van der Waals surface area contributed by atoms with E-state index < -0.39 is 0 Å². The fourth-order valence-corrected chi connectivity index (χ4v) is 1.04. The van der Waals surface area contributed by atoms with E-state index in [4.69, 9.17) is 5.26 Å². The maximum atomic E-state index is 8.56. The van der Waals surface area contributed by atoms with Crippen LogP contribution in [0.1, 0.15) is 22.8 Å². The third-order valence-corrected chi connectivity index (χ3v) is 1.87. The Labute approximate surface area is 98.2 Å². The summed E-state index contributed by atoms with van der Waals surface area (Å²) in [7, 11) is 0. The van der Waals surface area contributed by atoms with Crippen LogP contribution in [0.4, 0.5) is 0 Å². The normalized spacial score (nSPS) is 8.94. The topological polar surface area (TPSA) is 75.3 Å². The molecule has 0 aliphatic heterocycles. The summed E-state index contributed by atoms with van der Waals surface area (Å²) in [5.41, 5.74) is 2.17. The zero-order valence-corrected chi connectivity index (χ0v) is 9.05. The first-order chi connectivity index (χ1) is 8.28. The molecule has 80 valence electrons. The molecule has 0 saturated heterocycles. The highest BCUT2D eigenvalue weighted by Gasteiger charge is 1.93. The van der Waals surface area contributed by atoms with Gasteiger partial charge in [0, 0.05) is 6.20 Å². The van der Waals surface area contributed by atoms with Crippen molar-refractivity contribution in [3.63, 3.8) is 0 Å². The Morgan fingerprint density at radius 3 is 1.82 bits per heavy atom. The molecule has 17 heavy (non-hydrogen) atoms. The van der Waals surface area contributed by atoms with Crippen LogP contribution in [0.3, 0.4) is 0 Å². The third kappa shape index (κ3) is 2.83. The summed E-state index contributed by atoms with van der Waals surface area (Å²) in [6.07, 6.45) is 6.08. The van der Waals surface area contributed by atoms with E-state index in [1.807, 2.05) is 13.0 Å². The molecule has 2 heterocycles. The van der Waals surface area contributed by atoms with Gasteiger partial charge in [-0.05, 0) is 18.8 Å². The SMILES string of the molecule is Cc1cnc(C#Cc2cnc(C#N)cn2)cn1. The molecule has 2 aromatic rings. The average Bonchev–Trinajstić information content (AvgIpc) is 2.39. The lowest BCUT2D eigenvalue weighted by atomic mass is 10.3. The fraction of sp³-hybridized carbons (Fsp3) is 0.0833. The van der Waals surface area contributed by atoms with E-state index in [1.54, 1.807) is 12.4 Å². The average molecular weight is 221 g/mol. The molecule has 0 radical (unpaired) electrons. The molecule has 5 heteroatoms. The first kappa shape index (κ1) is 10.7. The van der Waals surface area contributed by atoms with Crippen molar-refractivity contribution in [1.29, 1.82) is 5.26 Å². The summed E-state index contributed by atoms with van der Waals surface area (Å²) in [6, 6.07) is 1.89. The monoisotopic (exact) mass is 221 g/mol. The molecule has 0 N–H and O–H groups in total. The Kier molecular flexibility index (Phi) is 3.04. The van der Waals surface area contributed by atoms with E-state index in [1.165, 1.54) is 12.4 Å². The summed E-state index contributed by atoms with van der Waals surface area (Å²) in [5.74, 6) is 5.61. The van der Waals surface area contributed by atoms with Gasteiger partial charge in [-0.2, -0.15) is 5.26 Å². The molecule has 5 nitrogen and oxygen atoms in total. The number of nitriles is 1. The van der Waals surface area contributed by atoms with Crippen molar-refractivity contribution >= 4 is 0 Å². The number of hydrogen-bond acceptors (Lipinski definition) is 5. The number of rotatable bonds is 0. The highest BCUT2D eigenvalue weighted by molar-refractivity contribution is 5.34. The van der Waals surface area contributed by atoms with E-state index in [-0.39, 0.29) is 5.69 Å². The Morgan fingerprint density at radius 1 is 0.824 bits per heavy atom. The third-order valence-electron chi connectivity index (χ3n) is 1.87. The van der Waals surface area contributed by atoms with E-state index in [2.05, 4.69) is 31.8 Å². The van der Waals surface area contributed by atoms with Crippen LogP contribution in [0, 0.1) is 30.1 Å². The Morgan fingerprint density at radius 2 is 1.35 bits per heavy atom. The fourth-order valence-electron chi connectivity index (χ4n) is 1.04. The zero-order valence-electron chi connectivity index (χ0n) is 9.05. The van der Waals surface area contributed by atoms with Crippen LogP contribution in [-0.2, 0) is 0 Å². The van der Waals surface area contributed by atoms with Crippen LogP contribution in [-0.4, -0.2) is 19.9 Å². The van der Waals surface area contributed by atoms with Gasteiger partial charge in [0.2, 0.25) is 0 Å². The van der Waals surface area contributed by atoms with Gasteiger partial charge in [-0.25, -0.2) is 15.0 Å². The van der Waals surface area contributed by atoms with Gasteiger partial charge in [0.1, 0.15) is 17.5 Å². The van der Waals surface area contributed by atoms with Gasteiger partial charge in [0.15, 0.2) is 5.69 Å². The van der Waals surface area contributed by atoms with Gasteiger partial charge < -0.3 is 0 Å². The summed E-state index contributed by atoms with van der Waals surface area (Å²) >= 11 is 0. The second-order valence-corrected chi connectivity index (χ2v) is 3.19. The number of aryl methyl sites for hydroxylation is 1. The molecule has 0 atom stereocenters. The van der Waals surface area contributed by atoms with E-state index >= 15 is 0 Å². The molecular formula is C12H7N5. The summed E-state index contributed by atoms with van der Waals surface area (Å²) in [5, 5.41) is 8.56. The molecule has 0 fully saturated rings. The molecule has 0 spiro atoms. The Bertz CT molecular complexity index is 611. The van der Waals surface area contributed by atoms with Crippen molar-refractivity contribution in [3.8, 4) is 17.9 Å². The maximum absolute atomic E-state index is 8.56. The highest BCUT2D eigenvalue weighted by Crippen LogP contribution is 1.94. The van der Waals surface area contributed by atoms with Crippen molar-refractivity contribution in [2.75, 3.05) is 0 Å². The van der Waals surface area contributed by atoms with Crippen LogP contribution in [0.5, 0.6) is 0 Å². The predicted molar refractivity (Wildman–Crippen MR) is 59.5 cm³/mol. The van der Waals surface area contributed by atoms with Crippen LogP contribution in [0.2, 0.25) is 0 Å². The summed E-state index contributed by atoms with van der Waals surface area (Å²) in [6.45, 7) is 1.86. The zero-order chi connectivity index (χ0) is 12.1. The minimum absolute atomic E-state index is 0.269. The van der Waals surface area contributed by atoms with E-state index in [0.29, 0.717) is 11.4 Å². The molecular weight excluding hydrogens is 214 g/mol. The van der Waals surface area contributed by atoms with E-state index in [0.717, 1.165) is 5.69 Å². The predicted octanol–water partition coefficient (Wildman–Crippen LogP) is 0.846. The second kappa shape index (κ2) is 4.82. The maximum Gasteiger partial charge on any atom is 0.158 e. The summed E-state index contributed by atoms with van der Waals surface area (Å²) in [4.78, 5) is 16.0. The lowest BCUT2D eigenvalue weighted by Gasteiger charge is -1.90. The number of hydrogen-bond donors (Lipinski definition) is 0. The van der Waals surface area contributed by atoms with E-state index in [9.17, 15) is 0 Å². The lowest BCUT2D eigenvalue weighted by molar-refractivity contribution is 1.10. The van der Waals surface area contributed by atoms with Crippen LogP contribution in [0.25, 0.3) is 0 Å². The standard InChI is InChI=1S/C12H7N5/c1-9-5-15-10(6-14-9)2-3-11-7-17-12(4-13)8-16-11/h5-8H,1H3.